The van der Waals surface area contributed by atoms with Crippen LogP contribution in [-0.4, -0.2) is 54.3 Å². The average Bonchev–Trinajstić information content (AvgIpc) is 2.87. The number of rotatable bonds is 13. The van der Waals surface area contributed by atoms with Gasteiger partial charge in [-0.1, -0.05) is 49.4 Å². The Kier molecular flexibility index (Phi) is 9.79. The van der Waals surface area contributed by atoms with Gasteiger partial charge in [-0.2, -0.15) is 0 Å². The normalized spacial score (nSPS) is 12.1. The Morgan fingerprint density at radius 2 is 1.74 bits per heavy atom. The number of aryl methyl sites for hydroxylation is 1. The van der Waals surface area contributed by atoms with E-state index in [1.165, 1.54) is 0 Å². The summed E-state index contributed by atoms with van der Waals surface area (Å²) < 4.78 is 12.2. The smallest absolute Gasteiger partial charge is 0.261 e. The van der Waals surface area contributed by atoms with E-state index in [4.69, 9.17) is 14.5 Å². The summed E-state index contributed by atoms with van der Waals surface area (Å²) in [7, 11) is 3.27. The van der Waals surface area contributed by atoms with Crippen molar-refractivity contribution in [1.29, 1.82) is 0 Å². The standard InChI is InChI=1S/C27H35N3O4/c1-4-24(26-28-23-14-9-8-13-22(23)27(32)30(26)18-20-34-3)29(17-10-19-33-2)25(31)16-15-21-11-6-5-7-12-21/h5-9,11-14,24H,4,10,15-20H2,1-3H3. The third-order valence-corrected chi connectivity index (χ3v) is 6.01. The molecule has 3 aromatic rings. The van der Waals surface area contributed by atoms with E-state index in [9.17, 15) is 9.59 Å². The van der Waals surface area contributed by atoms with Crippen LogP contribution < -0.4 is 5.56 Å². The van der Waals surface area contributed by atoms with Gasteiger partial charge in [-0.25, -0.2) is 4.98 Å². The maximum Gasteiger partial charge on any atom is 0.261 e. The molecule has 0 aliphatic carbocycles. The number of para-hydroxylation sites is 1. The highest BCUT2D eigenvalue weighted by Crippen LogP contribution is 2.25. The third kappa shape index (κ3) is 6.30. The molecule has 1 atom stereocenters. The van der Waals surface area contributed by atoms with Gasteiger partial charge < -0.3 is 14.4 Å². The predicted molar refractivity (Wildman–Crippen MR) is 134 cm³/mol. The van der Waals surface area contributed by atoms with Crippen LogP contribution in [0.4, 0.5) is 0 Å². The van der Waals surface area contributed by atoms with Gasteiger partial charge in [-0.3, -0.25) is 14.2 Å². The maximum atomic E-state index is 13.5. The van der Waals surface area contributed by atoms with Gasteiger partial charge in [0.15, 0.2) is 0 Å². The van der Waals surface area contributed by atoms with Crippen molar-refractivity contribution in [2.45, 2.75) is 45.2 Å². The molecule has 34 heavy (non-hydrogen) atoms. The average molecular weight is 466 g/mol. The van der Waals surface area contributed by atoms with E-state index in [1.807, 2.05) is 60.4 Å². The van der Waals surface area contributed by atoms with Crippen molar-refractivity contribution in [1.82, 2.24) is 14.5 Å². The van der Waals surface area contributed by atoms with Gasteiger partial charge in [-0.15, -0.1) is 0 Å². The minimum Gasteiger partial charge on any atom is -0.385 e. The molecule has 1 amide bonds. The molecule has 0 radical (unpaired) electrons. The lowest BCUT2D eigenvalue weighted by Crippen LogP contribution is -2.40. The number of fused-ring (bicyclic) bond motifs is 1. The zero-order valence-electron chi connectivity index (χ0n) is 20.4. The van der Waals surface area contributed by atoms with Gasteiger partial charge in [0, 0.05) is 33.8 Å². The Balaban J connectivity index is 1.99. The second kappa shape index (κ2) is 13.0. The van der Waals surface area contributed by atoms with Gasteiger partial charge in [0.05, 0.1) is 30.1 Å². The predicted octanol–water partition coefficient (Wildman–Crippen LogP) is 3.99. The highest BCUT2D eigenvalue weighted by molar-refractivity contribution is 5.78. The Labute approximate surface area is 201 Å². The van der Waals surface area contributed by atoms with Gasteiger partial charge in [0.25, 0.3) is 5.56 Å². The number of benzene rings is 2. The van der Waals surface area contributed by atoms with Gasteiger partial charge in [0.1, 0.15) is 5.82 Å². The molecule has 1 heterocycles. The molecule has 7 heteroatoms. The van der Waals surface area contributed by atoms with E-state index in [1.54, 1.807) is 24.9 Å². The van der Waals surface area contributed by atoms with E-state index in [2.05, 4.69) is 0 Å². The molecule has 0 aliphatic rings. The number of nitrogens with zero attached hydrogens (tertiary/aromatic N) is 3. The zero-order valence-corrected chi connectivity index (χ0v) is 20.4. The van der Waals surface area contributed by atoms with E-state index < -0.39 is 0 Å². The number of hydrogen-bond donors (Lipinski definition) is 0. The van der Waals surface area contributed by atoms with Crippen molar-refractivity contribution >= 4 is 16.8 Å². The number of carbonyl (C=O) groups excluding carboxylic acids is 1. The minimum atomic E-state index is -0.325. The molecule has 0 N–H and O–H groups in total. The summed E-state index contributed by atoms with van der Waals surface area (Å²) in [6.45, 7) is 3.88. The zero-order chi connectivity index (χ0) is 24.3. The van der Waals surface area contributed by atoms with Crippen molar-refractivity contribution in [2.75, 3.05) is 34.0 Å². The van der Waals surface area contributed by atoms with Crippen LogP contribution in [0.1, 0.15) is 43.6 Å². The van der Waals surface area contributed by atoms with E-state index in [0.717, 1.165) is 5.56 Å². The molecule has 0 aliphatic heterocycles. The van der Waals surface area contributed by atoms with Gasteiger partial charge in [0.2, 0.25) is 5.91 Å². The fraction of sp³-hybridized carbons (Fsp3) is 0.444. The summed E-state index contributed by atoms with van der Waals surface area (Å²) in [4.78, 5) is 33.7. The molecule has 0 bridgehead atoms. The molecule has 0 spiro atoms. The SMILES string of the molecule is CCC(c1nc2ccccc2c(=O)n1CCOC)N(CCCOC)C(=O)CCc1ccccc1. The van der Waals surface area contributed by atoms with Crippen molar-refractivity contribution in [3.63, 3.8) is 0 Å². The Hall–Kier alpha value is -3.03. The van der Waals surface area contributed by atoms with Crippen molar-refractivity contribution < 1.29 is 14.3 Å². The summed E-state index contributed by atoms with van der Waals surface area (Å²) in [5.74, 6) is 0.654. The highest BCUT2D eigenvalue weighted by Gasteiger charge is 2.28. The Morgan fingerprint density at radius 3 is 2.44 bits per heavy atom. The van der Waals surface area contributed by atoms with Crippen LogP contribution in [-0.2, 0) is 27.2 Å². The number of hydrogen-bond acceptors (Lipinski definition) is 5. The second-order valence-electron chi connectivity index (χ2n) is 8.28. The molecule has 0 fully saturated rings. The van der Waals surface area contributed by atoms with Crippen LogP contribution in [0.3, 0.4) is 0 Å². The number of carbonyl (C=O) groups is 1. The number of aromatic nitrogens is 2. The molecule has 0 saturated heterocycles. The molecule has 182 valence electrons. The van der Waals surface area contributed by atoms with E-state index in [0.29, 0.717) is 68.7 Å². The lowest BCUT2D eigenvalue weighted by molar-refractivity contribution is -0.134. The van der Waals surface area contributed by atoms with Crippen LogP contribution in [0.5, 0.6) is 0 Å². The molecular weight excluding hydrogens is 430 g/mol. The molecule has 2 aromatic carbocycles. The lowest BCUT2D eigenvalue weighted by Gasteiger charge is -2.32. The van der Waals surface area contributed by atoms with Gasteiger partial charge >= 0.3 is 0 Å². The van der Waals surface area contributed by atoms with Crippen LogP contribution in [0.2, 0.25) is 0 Å². The number of methoxy groups -OCH3 is 2. The van der Waals surface area contributed by atoms with Gasteiger partial charge in [-0.05, 0) is 37.0 Å². The maximum absolute atomic E-state index is 13.5. The number of ether oxygens (including phenoxy) is 2. The molecule has 1 aromatic heterocycles. The third-order valence-electron chi connectivity index (χ3n) is 6.01. The summed E-state index contributed by atoms with van der Waals surface area (Å²) in [5.41, 5.74) is 1.66. The first-order valence-corrected chi connectivity index (χ1v) is 11.9. The van der Waals surface area contributed by atoms with Crippen LogP contribution in [0, 0.1) is 0 Å². The minimum absolute atomic E-state index is 0.0486. The summed E-state index contributed by atoms with van der Waals surface area (Å²) in [5, 5.41) is 0.568. The quantitative estimate of drug-likeness (QED) is 0.357. The first-order chi connectivity index (χ1) is 16.6. The fourth-order valence-corrected chi connectivity index (χ4v) is 4.25. The first kappa shape index (κ1) is 25.6. The van der Waals surface area contributed by atoms with Crippen molar-refractivity contribution in [3.8, 4) is 0 Å². The monoisotopic (exact) mass is 465 g/mol. The Morgan fingerprint density at radius 1 is 1.03 bits per heavy atom. The molecule has 7 nitrogen and oxygen atoms in total. The molecule has 3 rings (SSSR count). The van der Waals surface area contributed by atoms with Crippen LogP contribution >= 0.6 is 0 Å². The van der Waals surface area contributed by atoms with E-state index >= 15 is 0 Å². The highest BCUT2D eigenvalue weighted by atomic mass is 16.5. The molecular formula is C27H35N3O4. The Bertz CT molecular complexity index is 1110. The first-order valence-electron chi connectivity index (χ1n) is 11.9. The van der Waals surface area contributed by atoms with Crippen LogP contribution in [0.15, 0.2) is 59.4 Å². The van der Waals surface area contributed by atoms with Crippen molar-refractivity contribution in [3.05, 3.63) is 76.3 Å². The van der Waals surface area contributed by atoms with Crippen LogP contribution in [0.25, 0.3) is 10.9 Å². The lowest BCUT2D eigenvalue weighted by atomic mass is 10.1. The summed E-state index contributed by atoms with van der Waals surface area (Å²) in [6, 6.07) is 17.0. The second-order valence-corrected chi connectivity index (χ2v) is 8.28. The van der Waals surface area contributed by atoms with E-state index in [-0.39, 0.29) is 17.5 Å². The largest absolute Gasteiger partial charge is 0.385 e. The summed E-state index contributed by atoms with van der Waals surface area (Å²) in [6.07, 6.45) is 2.41. The number of amides is 1. The molecule has 0 saturated carbocycles. The topological polar surface area (TPSA) is 73.7 Å². The summed E-state index contributed by atoms with van der Waals surface area (Å²) >= 11 is 0. The van der Waals surface area contributed by atoms with Crippen molar-refractivity contribution in [2.24, 2.45) is 0 Å². The fourth-order valence-electron chi connectivity index (χ4n) is 4.25. The molecule has 1 unspecified atom stereocenters.